The van der Waals surface area contributed by atoms with E-state index in [9.17, 15) is 4.79 Å². The normalized spacial score (nSPS) is 11.2. The van der Waals surface area contributed by atoms with Crippen molar-refractivity contribution in [2.24, 2.45) is 0 Å². The van der Waals surface area contributed by atoms with Gasteiger partial charge in [0.25, 0.3) is 0 Å². The van der Waals surface area contributed by atoms with Crippen LogP contribution in [-0.2, 0) is 9.47 Å². The number of fused-ring (bicyclic) bond motifs is 5. The van der Waals surface area contributed by atoms with Crippen LogP contribution in [0.15, 0.2) is 45.6 Å². The molecule has 0 saturated heterocycles. The van der Waals surface area contributed by atoms with Crippen molar-refractivity contribution in [3.63, 3.8) is 0 Å². The molecule has 0 saturated carbocycles. The van der Waals surface area contributed by atoms with Crippen LogP contribution in [0.4, 0.5) is 0 Å². The molecule has 8 nitrogen and oxygen atoms in total. The summed E-state index contributed by atoms with van der Waals surface area (Å²) in [6, 6.07) is 11.0. The van der Waals surface area contributed by atoms with Crippen LogP contribution in [0.3, 0.4) is 0 Å². The summed E-state index contributed by atoms with van der Waals surface area (Å²) >= 11 is 0. The lowest BCUT2D eigenvalue weighted by Gasteiger charge is -2.15. The Hall–Kier alpha value is -3.49. The van der Waals surface area contributed by atoms with E-state index in [-0.39, 0.29) is 13.6 Å². The summed E-state index contributed by atoms with van der Waals surface area (Å²) < 4.78 is 37.8. The summed E-state index contributed by atoms with van der Waals surface area (Å²) in [7, 11) is 6.07. The molecule has 0 aliphatic heterocycles. The van der Waals surface area contributed by atoms with Crippen LogP contribution < -0.4 is 24.6 Å². The summed E-state index contributed by atoms with van der Waals surface area (Å²) in [4.78, 5) is 13.0. The standard InChI is InChI=1S/C23H22O8/c1-25-11-29-18-9-13-5-6-15-14-7-8-17(27-3)22(28-4)20(14)23(24)31-21(15)16(13)10-19(18)30-12-26-2/h5-10H,11-12H2,1-4H3. The average Bonchev–Trinajstić information content (AvgIpc) is 2.80. The van der Waals surface area contributed by atoms with Crippen molar-refractivity contribution in [3.8, 4) is 23.0 Å². The lowest BCUT2D eigenvalue weighted by atomic mass is 10.0. The largest absolute Gasteiger partial charge is 0.493 e. The van der Waals surface area contributed by atoms with Crippen LogP contribution in [0, 0.1) is 0 Å². The van der Waals surface area contributed by atoms with Crippen molar-refractivity contribution in [1.29, 1.82) is 0 Å². The zero-order chi connectivity index (χ0) is 22.0. The second kappa shape index (κ2) is 8.71. The van der Waals surface area contributed by atoms with Gasteiger partial charge in [0.05, 0.1) is 14.2 Å². The number of ether oxygens (including phenoxy) is 6. The molecule has 0 atom stereocenters. The van der Waals surface area contributed by atoms with Gasteiger partial charge >= 0.3 is 5.63 Å². The van der Waals surface area contributed by atoms with Gasteiger partial charge in [-0.2, -0.15) is 0 Å². The Balaban J connectivity index is 2.03. The fraction of sp³-hybridized carbons (Fsp3) is 0.261. The van der Waals surface area contributed by atoms with E-state index >= 15 is 0 Å². The third-order valence-electron chi connectivity index (χ3n) is 4.93. The summed E-state index contributed by atoms with van der Waals surface area (Å²) in [5.74, 6) is 1.72. The van der Waals surface area contributed by atoms with Gasteiger partial charge in [-0.05, 0) is 35.7 Å². The molecule has 162 valence electrons. The van der Waals surface area contributed by atoms with Crippen LogP contribution >= 0.6 is 0 Å². The van der Waals surface area contributed by atoms with E-state index in [2.05, 4.69) is 0 Å². The fourth-order valence-electron chi connectivity index (χ4n) is 3.59. The quantitative estimate of drug-likeness (QED) is 0.237. The van der Waals surface area contributed by atoms with Crippen LogP contribution in [0.2, 0.25) is 0 Å². The fourth-order valence-corrected chi connectivity index (χ4v) is 3.59. The van der Waals surface area contributed by atoms with E-state index in [0.717, 1.165) is 10.8 Å². The highest BCUT2D eigenvalue weighted by Crippen LogP contribution is 2.40. The molecule has 8 heteroatoms. The molecule has 0 bridgehead atoms. The van der Waals surface area contributed by atoms with Gasteiger partial charge in [-0.15, -0.1) is 0 Å². The van der Waals surface area contributed by atoms with Crippen molar-refractivity contribution in [2.75, 3.05) is 42.0 Å². The molecule has 0 aliphatic rings. The third kappa shape index (κ3) is 3.60. The molecule has 1 aromatic heterocycles. The highest BCUT2D eigenvalue weighted by atomic mass is 16.7. The predicted molar refractivity (Wildman–Crippen MR) is 116 cm³/mol. The molecular weight excluding hydrogens is 404 g/mol. The first-order chi connectivity index (χ1) is 15.1. The summed E-state index contributed by atoms with van der Waals surface area (Å²) in [6.45, 7) is 0.0905. The molecule has 0 unspecified atom stereocenters. The number of hydrogen-bond acceptors (Lipinski definition) is 8. The summed E-state index contributed by atoms with van der Waals surface area (Å²) in [6.07, 6.45) is 0. The van der Waals surface area contributed by atoms with Crippen LogP contribution in [-0.4, -0.2) is 42.0 Å². The second-order valence-corrected chi connectivity index (χ2v) is 6.68. The van der Waals surface area contributed by atoms with Gasteiger partial charge < -0.3 is 32.8 Å². The number of benzene rings is 3. The van der Waals surface area contributed by atoms with Crippen molar-refractivity contribution >= 4 is 32.5 Å². The average molecular weight is 426 g/mol. The topological polar surface area (TPSA) is 85.6 Å². The third-order valence-corrected chi connectivity index (χ3v) is 4.93. The maximum Gasteiger partial charge on any atom is 0.348 e. The number of rotatable bonds is 8. The van der Waals surface area contributed by atoms with Gasteiger partial charge in [-0.1, -0.05) is 6.07 Å². The minimum atomic E-state index is -0.523. The monoisotopic (exact) mass is 426 g/mol. The van der Waals surface area contributed by atoms with Crippen LogP contribution in [0.5, 0.6) is 23.0 Å². The molecule has 31 heavy (non-hydrogen) atoms. The first-order valence-electron chi connectivity index (χ1n) is 9.44. The molecule has 0 spiro atoms. The molecule has 0 fully saturated rings. The Bertz CT molecular complexity index is 1310. The zero-order valence-electron chi connectivity index (χ0n) is 17.6. The maximum absolute atomic E-state index is 13.0. The van der Waals surface area contributed by atoms with E-state index in [0.29, 0.717) is 44.7 Å². The SMILES string of the molecule is COCOc1cc2ccc3c4ccc(OC)c(OC)c4c(=O)oc3c2cc1OCOC. The van der Waals surface area contributed by atoms with Gasteiger partial charge in [-0.3, -0.25) is 0 Å². The summed E-state index contributed by atoms with van der Waals surface area (Å²) in [5, 5.41) is 3.29. The van der Waals surface area contributed by atoms with E-state index < -0.39 is 5.63 Å². The van der Waals surface area contributed by atoms with E-state index in [1.807, 2.05) is 18.2 Å². The Morgan fingerprint density at radius 1 is 0.742 bits per heavy atom. The molecule has 0 amide bonds. The molecule has 1 heterocycles. The van der Waals surface area contributed by atoms with E-state index in [1.165, 1.54) is 28.4 Å². The maximum atomic E-state index is 13.0. The van der Waals surface area contributed by atoms with Gasteiger partial charge in [0.15, 0.2) is 36.6 Å². The summed E-state index contributed by atoms with van der Waals surface area (Å²) in [5.41, 5.74) is -0.0902. The first-order valence-corrected chi connectivity index (χ1v) is 9.44. The molecule has 4 rings (SSSR count). The molecule has 0 N–H and O–H groups in total. The van der Waals surface area contributed by atoms with Crippen molar-refractivity contribution in [3.05, 3.63) is 46.8 Å². The highest BCUT2D eigenvalue weighted by molar-refractivity contribution is 6.15. The molecule has 3 aromatic carbocycles. The molecule has 0 aliphatic carbocycles. The minimum absolute atomic E-state index is 0.0312. The lowest BCUT2D eigenvalue weighted by Crippen LogP contribution is -2.05. The molecular formula is C23H22O8. The predicted octanol–water partition coefficient (Wildman–Crippen LogP) is 4.08. The molecule has 4 aromatic rings. The van der Waals surface area contributed by atoms with Crippen LogP contribution in [0.1, 0.15) is 0 Å². The van der Waals surface area contributed by atoms with Crippen LogP contribution in [0.25, 0.3) is 32.5 Å². The molecule has 0 radical (unpaired) electrons. The Kier molecular flexibility index (Phi) is 5.83. The van der Waals surface area contributed by atoms with Crippen molar-refractivity contribution in [2.45, 2.75) is 0 Å². The second-order valence-electron chi connectivity index (χ2n) is 6.68. The zero-order valence-corrected chi connectivity index (χ0v) is 17.6. The van der Waals surface area contributed by atoms with Gasteiger partial charge in [0, 0.05) is 30.4 Å². The van der Waals surface area contributed by atoms with Gasteiger partial charge in [0.2, 0.25) is 0 Å². The lowest BCUT2D eigenvalue weighted by molar-refractivity contribution is 0.0324. The Morgan fingerprint density at radius 3 is 2.06 bits per heavy atom. The van der Waals surface area contributed by atoms with Crippen molar-refractivity contribution < 1.29 is 32.8 Å². The number of methoxy groups -OCH3 is 4. The minimum Gasteiger partial charge on any atom is -0.493 e. The van der Waals surface area contributed by atoms with Gasteiger partial charge in [0.1, 0.15) is 11.0 Å². The smallest absolute Gasteiger partial charge is 0.348 e. The Labute approximate surface area is 177 Å². The van der Waals surface area contributed by atoms with Crippen molar-refractivity contribution in [1.82, 2.24) is 0 Å². The number of hydrogen-bond donors (Lipinski definition) is 0. The first kappa shape index (κ1) is 20.8. The van der Waals surface area contributed by atoms with E-state index in [1.54, 1.807) is 18.2 Å². The van der Waals surface area contributed by atoms with Gasteiger partial charge in [-0.25, -0.2) is 4.79 Å². The highest BCUT2D eigenvalue weighted by Gasteiger charge is 2.19. The van der Waals surface area contributed by atoms with E-state index in [4.69, 9.17) is 32.8 Å². The Morgan fingerprint density at radius 2 is 1.42 bits per heavy atom.